The van der Waals surface area contributed by atoms with Gasteiger partial charge in [-0.05, 0) is 67.1 Å². The van der Waals surface area contributed by atoms with Crippen molar-refractivity contribution in [3.8, 4) is 5.75 Å². The molecule has 2 aliphatic heterocycles. The molecule has 2 fully saturated rings. The van der Waals surface area contributed by atoms with Crippen LogP contribution in [0.1, 0.15) is 45.7 Å². The van der Waals surface area contributed by atoms with Crippen LogP contribution in [0.25, 0.3) is 0 Å². The van der Waals surface area contributed by atoms with Gasteiger partial charge in [0.05, 0.1) is 23.2 Å². The van der Waals surface area contributed by atoms with E-state index in [1.807, 2.05) is 49.4 Å². The fraction of sp³-hybridized carbons (Fsp3) is 0.355. The molecule has 8 heteroatoms. The van der Waals surface area contributed by atoms with E-state index in [9.17, 15) is 14.0 Å². The molecule has 0 saturated carbocycles. The highest BCUT2D eigenvalue weighted by Gasteiger charge is 2.42. The number of rotatable bonds is 9. The minimum Gasteiger partial charge on any atom is -0.494 e. The minimum absolute atomic E-state index is 0.0371. The van der Waals surface area contributed by atoms with E-state index in [1.165, 1.54) is 12.1 Å². The number of halogens is 2. The molecule has 2 amide bonds. The van der Waals surface area contributed by atoms with Gasteiger partial charge in [-0.3, -0.25) is 9.59 Å². The average molecular weight is 550 g/mol. The molecule has 2 saturated heterocycles. The van der Waals surface area contributed by atoms with Crippen LogP contribution in [-0.4, -0.2) is 60.9 Å². The molecule has 2 aliphatic rings. The van der Waals surface area contributed by atoms with Crippen molar-refractivity contribution < 1.29 is 18.7 Å². The maximum Gasteiger partial charge on any atom is 0.258 e. The summed E-state index contributed by atoms with van der Waals surface area (Å²) in [5, 5.41) is 3.37. The first kappa shape index (κ1) is 27.2. The van der Waals surface area contributed by atoms with Crippen LogP contribution in [0.5, 0.6) is 5.75 Å². The number of nitrogens with zero attached hydrogens (tertiary/aromatic N) is 2. The van der Waals surface area contributed by atoms with Crippen molar-refractivity contribution >= 4 is 23.4 Å². The van der Waals surface area contributed by atoms with Crippen LogP contribution in [-0.2, 0) is 0 Å². The topological polar surface area (TPSA) is 61.9 Å². The molecule has 0 spiro atoms. The fourth-order valence-corrected chi connectivity index (χ4v) is 5.97. The Bertz CT molecular complexity index is 1270. The first-order valence-corrected chi connectivity index (χ1v) is 13.8. The third kappa shape index (κ3) is 6.26. The van der Waals surface area contributed by atoms with Crippen molar-refractivity contribution in [1.82, 2.24) is 15.1 Å². The summed E-state index contributed by atoms with van der Waals surface area (Å²) in [6.07, 6.45) is 0.764. The summed E-state index contributed by atoms with van der Waals surface area (Å²) in [7, 11) is 0. The van der Waals surface area contributed by atoms with Crippen molar-refractivity contribution in [1.29, 1.82) is 0 Å². The molecule has 204 valence electrons. The summed E-state index contributed by atoms with van der Waals surface area (Å²) in [5.74, 6) is 0.392. The second kappa shape index (κ2) is 12.2. The van der Waals surface area contributed by atoms with Gasteiger partial charge in [0.1, 0.15) is 11.6 Å². The first-order chi connectivity index (χ1) is 18.9. The van der Waals surface area contributed by atoms with Crippen LogP contribution < -0.4 is 10.1 Å². The maximum absolute atomic E-state index is 14.3. The SMILES string of the molecule is CCOc1ccc(C(=O)NC(CCN2CC3CN(C(=O)c4c(F)cccc4Cl)CC3C2)c2ccccc2)cc1. The van der Waals surface area contributed by atoms with Gasteiger partial charge >= 0.3 is 0 Å². The molecule has 3 aromatic rings. The Hall–Kier alpha value is -3.42. The number of carbonyl (C=O) groups excluding carboxylic acids is 2. The first-order valence-electron chi connectivity index (χ1n) is 13.5. The normalized spacial score (nSPS) is 19.5. The molecule has 6 nitrogen and oxygen atoms in total. The predicted molar refractivity (Wildman–Crippen MR) is 150 cm³/mol. The quantitative estimate of drug-likeness (QED) is 0.386. The van der Waals surface area contributed by atoms with Gasteiger partial charge in [-0.2, -0.15) is 0 Å². The van der Waals surface area contributed by atoms with Crippen molar-refractivity contribution in [2.75, 3.05) is 39.3 Å². The Labute approximate surface area is 233 Å². The molecule has 1 N–H and O–H groups in total. The number of likely N-dealkylation sites (tertiary alicyclic amines) is 2. The lowest BCUT2D eigenvalue weighted by Crippen LogP contribution is -2.35. The van der Waals surface area contributed by atoms with Crippen molar-refractivity contribution in [3.05, 3.63) is 100 Å². The second-order valence-corrected chi connectivity index (χ2v) is 10.7. The fourth-order valence-electron chi connectivity index (χ4n) is 5.73. The summed E-state index contributed by atoms with van der Waals surface area (Å²) in [6, 6.07) is 21.4. The Morgan fingerprint density at radius 3 is 2.31 bits per heavy atom. The zero-order valence-corrected chi connectivity index (χ0v) is 22.7. The number of ether oxygens (including phenoxy) is 1. The van der Waals surface area contributed by atoms with Crippen LogP contribution in [0.15, 0.2) is 72.8 Å². The summed E-state index contributed by atoms with van der Waals surface area (Å²) < 4.78 is 19.8. The minimum atomic E-state index is -0.578. The second-order valence-electron chi connectivity index (χ2n) is 10.3. The van der Waals surface area contributed by atoms with E-state index in [-0.39, 0.29) is 28.4 Å². The Morgan fingerprint density at radius 2 is 1.67 bits per heavy atom. The zero-order valence-electron chi connectivity index (χ0n) is 22.0. The van der Waals surface area contributed by atoms with Gasteiger partial charge in [0.2, 0.25) is 0 Å². The van der Waals surface area contributed by atoms with E-state index in [0.29, 0.717) is 37.1 Å². The number of amides is 2. The molecule has 2 heterocycles. The van der Waals surface area contributed by atoms with E-state index in [0.717, 1.165) is 37.4 Å². The summed E-state index contributed by atoms with van der Waals surface area (Å²) in [5.41, 5.74) is 1.62. The number of benzene rings is 3. The molecule has 0 bridgehead atoms. The Kier molecular flexibility index (Phi) is 8.48. The number of nitrogens with one attached hydrogen (secondary N) is 1. The van der Waals surface area contributed by atoms with E-state index in [1.54, 1.807) is 23.1 Å². The van der Waals surface area contributed by atoms with Crippen molar-refractivity contribution in [2.45, 2.75) is 19.4 Å². The highest BCUT2D eigenvalue weighted by atomic mass is 35.5. The van der Waals surface area contributed by atoms with Crippen LogP contribution in [0, 0.1) is 17.7 Å². The smallest absolute Gasteiger partial charge is 0.258 e. The molecular formula is C31H33ClFN3O3. The summed E-state index contributed by atoms with van der Waals surface area (Å²) in [4.78, 5) is 30.2. The number of hydrogen-bond donors (Lipinski definition) is 1. The van der Waals surface area contributed by atoms with Crippen LogP contribution in [0.3, 0.4) is 0 Å². The standard InChI is InChI=1S/C31H33ClFN3O3/c1-2-39-25-13-11-22(12-14-25)30(37)34-28(21-7-4-3-5-8-21)15-16-35-17-23-19-36(20-24(23)18-35)31(38)29-26(32)9-6-10-27(29)33/h3-14,23-24,28H,2,15-20H2,1H3,(H,34,37). The van der Waals surface area contributed by atoms with E-state index in [4.69, 9.17) is 16.3 Å². The molecular weight excluding hydrogens is 517 g/mol. The van der Waals surface area contributed by atoms with Gasteiger partial charge < -0.3 is 19.9 Å². The molecule has 39 heavy (non-hydrogen) atoms. The highest BCUT2D eigenvalue weighted by molar-refractivity contribution is 6.33. The van der Waals surface area contributed by atoms with Crippen molar-refractivity contribution in [2.24, 2.45) is 11.8 Å². The third-order valence-electron chi connectivity index (χ3n) is 7.69. The van der Waals surface area contributed by atoms with E-state index in [2.05, 4.69) is 10.2 Å². The summed E-state index contributed by atoms with van der Waals surface area (Å²) >= 11 is 6.13. The average Bonchev–Trinajstić information content (AvgIpc) is 3.51. The van der Waals surface area contributed by atoms with E-state index < -0.39 is 5.82 Å². The van der Waals surface area contributed by atoms with Crippen LogP contribution >= 0.6 is 11.6 Å². The number of fused-ring (bicyclic) bond motifs is 1. The van der Waals surface area contributed by atoms with E-state index >= 15 is 0 Å². The third-order valence-corrected chi connectivity index (χ3v) is 8.01. The lowest BCUT2D eigenvalue weighted by molar-refractivity contribution is 0.0769. The molecule has 0 radical (unpaired) electrons. The largest absolute Gasteiger partial charge is 0.494 e. The lowest BCUT2D eigenvalue weighted by atomic mass is 10.0. The van der Waals surface area contributed by atoms with Gasteiger partial charge in [0.25, 0.3) is 11.8 Å². The predicted octanol–water partition coefficient (Wildman–Crippen LogP) is 5.44. The monoisotopic (exact) mass is 549 g/mol. The van der Waals surface area contributed by atoms with Crippen molar-refractivity contribution in [3.63, 3.8) is 0 Å². The van der Waals surface area contributed by atoms with Gasteiger partial charge in [-0.15, -0.1) is 0 Å². The Balaban J connectivity index is 1.18. The van der Waals surface area contributed by atoms with Crippen LogP contribution in [0.2, 0.25) is 5.02 Å². The maximum atomic E-state index is 14.3. The number of carbonyl (C=O) groups is 2. The van der Waals surface area contributed by atoms with Crippen LogP contribution in [0.4, 0.5) is 4.39 Å². The van der Waals surface area contributed by atoms with Gasteiger partial charge in [-0.25, -0.2) is 4.39 Å². The molecule has 0 aromatic heterocycles. The molecule has 3 atom stereocenters. The zero-order chi connectivity index (χ0) is 27.4. The van der Waals surface area contributed by atoms with Gasteiger partial charge in [0, 0.05) is 38.3 Å². The van der Waals surface area contributed by atoms with Gasteiger partial charge in [-0.1, -0.05) is 48.0 Å². The highest BCUT2D eigenvalue weighted by Crippen LogP contribution is 2.34. The lowest BCUT2D eigenvalue weighted by Gasteiger charge is -2.25. The summed E-state index contributed by atoms with van der Waals surface area (Å²) in [6.45, 7) is 6.26. The van der Waals surface area contributed by atoms with Gasteiger partial charge in [0.15, 0.2) is 0 Å². The molecule has 3 aromatic carbocycles. The Morgan fingerprint density at radius 1 is 0.974 bits per heavy atom. The number of hydrogen-bond acceptors (Lipinski definition) is 4. The molecule has 3 unspecified atom stereocenters. The molecule has 0 aliphatic carbocycles. The molecule has 5 rings (SSSR count).